The van der Waals surface area contributed by atoms with Crippen molar-refractivity contribution in [3.05, 3.63) is 12.7 Å². The van der Waals surface area contributed by atoms with E-state index in [9.17, 15) is 0 Å². The van der Waals surface area contributed by atoms with Crippen LogP contribution in [0.15, 0.2) is 12.7 Å². The summed E-state index contributed by atoms with van der Waals surface area (Å²) in [7, 11) is 1.50. The number of anilines is 4. The van der Waals surface area contributed by atoms with Gasteiger partial charge in [0.15, 0.2) is 24.3 Å². The summed E-state index contributed by atoms with van der Waals surface area (Å²) in [6.45, 7) is 0. The van der Waals surface area contributed by atoms with Crippen LogP contribution in [-0.4, -0.2) is 51.0 Å². The van der Waals surface area contributed by atoms with Crippen LogP contribution in [0.25, 0.3) is 11.3 Å². The Balaban J connectivity index is 0.000000136. The molecule has 4 aromatic rings. The van der Waals surface area contributed by atoms with Crippen LogP contribution in [0.2, 0.25) is 0 Å². The lowest BCUT2D eigenvalue weighted by Crippen LogP contribution is -2.12. The zero-order valence-electron chi connectivity index (χ0n) is 11.9. The second-order valence-corrected chi connectivity index (χ2v) is 4.28. The first-order valence-electron chi connectivity index (χ1n) is 6.11. The lowest BCUT2D eigenvalue weighted by atomic mass is 10.7. The molecule has 4 heterocycles. The Hall–Kier alpha value is -3.84. The van der Waals surface area contributed by atoms with Crippen LogP contribution < -0.4 is 27.8 Å². The molecule has 0 fully saturated rings. The minimum absolute atomic E-state index is 0.109. The maximum atomic E-state index is 9.05. The van der Waals surface area contributed by atoms with Crippen LogP contribution in [-0.2, 0) is 0 Å². The number of hydrogen-bond acceptors (Lipinski definition) is 10. The third kappa shape index (κ3) is 2.04. The van der Waals surface area contributed by atoms with E-state index < -0.39 is 0 Å². The second kappa shape index (κ2) is 4.86. The van der Waals surface area contributed by atoms with Gasteiger partial charge in [0.25, 0.3) is 0 Å². The van der Waals surface area contributed by atoms with Gasteiger partial charge in [-0.25, -0.2) is 9.97 Å². The normalized spacial score (nSPS) is 10.8. The zero-order chi connectivity index (χ0) is 16.7. The van der Waals surface area contributed by atoms with Gasteiger partial charge < -0.3 is 33.0 Å². The molecule has 0 radical (unpaired) electrons. The molecule has 0 aliphatic heterocycles. The molecule has 4 rings (SSSR count). The van der Waals surface area contributed by atoms with Gasteiger partial charge >= 0.3 is 0 Å². The Labute approximate surface area is 127 Å². The highest BCUT2D eigenvalue weighted by molar-refractivity contribution is 5.64. The van der Waals surface area contributed by atoms with Crippen LogP contribution >= 0.6 is 0 Å². The molecule has 0 atom stereocenters. The van der Waals surface area contributed by atoms with E-state index in [4.69, 9.17) is 33.0 Å². The predicted octanol–water partition coefficient (Wildman–Crippen LogP) is -2.31. The Kier molecular flexibility index (Phi) is 2.98. The first-order valence-corrected chi connectivity index (χ1v) is 6.11. The van der Waals surface area contributed by atoms with E-state index in [2.05, 4.69) is 19.9 Å². The first-order chi connectivity index (χ1) is 10.9. The minimum Gasteiger partial charge on any atom is -0.411 e. The topological polar surface area (TPSA) is 204 Å². The highest BCUT2D eigenvalue weighted by Gasteiger charge is 2.11. The summed E-state index contributed by atoms with van der Waals surface area (Å²) in [5.74, 6) is 0.859. The van der Waals surface area contributed by atoms with E-state index >= 15 is 0 Å². The predicted molar refractivity (Wildman–Crippen MR) is 79.3 cm³/mol. The highest BCUT2D eigenvalue weighted by Crippen LogP contribution is 2.13. The molecule has 0 aliphatic carbocycles. The van der Waals surface area contributed by atoms with Gasteiger partial charge in [-0.15, -0.1) is 9.69 Å². The molecule has 0 bridgehead atoms. The fourth-order valence-electron chi connectivity index (χ4n) is 1.96. The lowest BCUT2D eigenvalue weighted by Gasteiger charge is -1.99. The van der Waals surface area contributed by atoms with E-state index in [0.717, 1.165) is 0 Å². The van der Waals surface area contributed by atoms with Gasteiger partial charge in [0.1, 0.15) is 7.11 Å². The van der Waals surface area contributed by atoms with Crippen molar-refractivity contribution in [1.29, 1.82) is 0 Å². The molecule has 4 aromatic heterocycles. The van der Waals surface area contributed by atoms with E-state index in [0.29, 0.717) is 22.0 Å². The Morgan fingerprint density at radius 3 is 2.00 bits per heavy atom. The summed E-state index contributed by atoms with van der Waals surface area (Å²) >= 11 is 0. The van der Waals surface area contributed by atoms with E-state index in [1.54, 1.807) is 0 Å². The molecule has 14 nitrogen and oxygen atoms in total. The summed E-state index contributed by atoms with van der Waals surface area (Å²) in [5, 5.41) is 9.05. The molecule has 0 saturated heterocycles. The second-order valence-electron chi connectivity index (χ2n) is 4.28. The van der Waals surface area contributed by atoms with Crippen molar-refractivity contribution in [2.75, 3.05) is 30.0 Å². The van der Waals surface area contributed by atoms with Gasteiger partial charge in [0, 0.05) is 0 Å². The van der Waals surface area contributed by atoms with Gasteiger partial charge in [0.2, 0.25) is 23.2 Å². The Morgan fingerprint density at radius 2 is 1.43 bits per heavy atom. The molecular formula is C9H14N12O2. The molecule has 9 N–H and O–H groups in total. The fraction of sp³-hybridized carbons (Fsp3) is 0.111. The van der Waals surface area contributed by atoms with Crippen molar-refractivity contribution in [3.63, 3.8) is 0 Å². The number of nitrogen functional groups attached to an aromatic ring is 4. The largest absolute Gasteiger partial charge is 0.411 e. The Bertz CT molecular complexity index is 974. The van der Waals surface area contributed by atoms with Crippen molar-refractivity contribution >= 4 is 34.8 Å². The zero-order valence-corrected chi connectivity index (χ0v) is 11.9. The highest BCUT2D eigenvalue weighted by atomic mass is 16.7. The van der Waals surface area contributed by atoms with Crippen LogP contribution in [0.1, 0.15) is 0 Å². The SMILES string of the molecule is COn1cnc2c(N)nc(N)n21.Nc1nc(N)n2c1ncn2O. The Morgan fingerprint density at radius 1 is 0.913 bits per heavy atom. The smallest absolute Gasteiger partial charge is 0.226 e. The molecule has 0 aromatic carbocycles. The molecule has 23 heavy (non-hydrogen) atoms. The van der Waals surface area contributed by atoms with Crippen molar-refractivity contribution in [3.8, 4) is 0 Å². The van der Waals surface area contributed by atoms with Gasteiger partial charge in [-0.05, 0) is 0 Å². The summed E-state index contributed by atoms with van der Waals surface area (Å²) < 4.78 is 2.66. The van der Waals surface area contributed by atoms with Crippen LogP contribution in [0.4, 0.5) is 23.5 Å². The maximum absolute atomic E-state index is 9.05. The number of rotatable bonds is 1. The van der Waals surface area contributed by atoms with Gasteiger partial charge in [0.05, 0.1) is 0 Å². The number of imidazole rings is 2. The number of nitrogens with zero attached hydrogens (tertiary/aromatic N) is 8. The molecule has 0 saturated carbocycles. The standard InChI is InChI=1S/C5H8N6O.C4H6N6O/c1-12-10-2-8-4-3(6)9-5(7)11(4)10;5-2-3-7-1-9(11)10(3)4(6)8-2/h2H,6H2,1H3,(H2,7,9);1,11H,5H2,(H2,6,8). The van der Waals surface area contributed by atoms with Crippen LogP contribution in [0, 0.1) is 0 Å². The molecule has 14 heteroatoms. The third-order valence-electron chi connectivity index (χ3n) is 2.91. The lowest BCUT2D eigenvalue weighted by molar-refractivity contribution is 0.124. The van der Waals surface area contributed by atoms with Gasteiger partial charge in [-0.3, -0.25) is 0 Å². The van der Waals surface area contributed by atoms with Gasteiger partial charge in [-0.2, -0.15) is 19.0 Å². The molecule has 0 unspecified atom stereocenters. The molecule has 0 aliphatic rings. The molecule has 0 amide bonds. The quantitative estimate of drug-likeness (QED) is 0.237. The third-order valence-corrected chi connectivity index (χ3v) is 2.91. The number of fused-ring (bicyclic) bond motifs is 2. The maximum Gasteiger partial charge on any atom is 0.226 e. The number of aromatic nitrogens is 8. The summed E-state index contributed by atoms with van der Waals surface area (Å²) in [4.78, 5) is 22.2. The monoisotopic (exact) mass is 322 g/mol. The van der Waals surface area contributed by atoms with Crippen LogP contribution in [0.5, 0.6) is 0 Å². The van der Waals surface area contributed by atoms with Crippen LogP contribution in [0.3, 0.4) is 0 Å². The van der Waals surface area contributed by atoms with Crippen molar-refractivity contribution in [1.82, 2.24) is 38.7 Å². The van der Waals surface area contributed by atoms with Crippen molar-refractivity contribution < 1.29 is 10.0 Å². The first kappa shape index (κ1) is 14.1. The number of nitrogens with two attached hydrogens (primary N) is 4. The van der Waals surface area contributed by atoms with E-state index in [-0.39, 0.29) is 17.7 Å². The molecule has 122 valence electrons. The molecule has 0 spiro atoms. The fourth-order valence-corrected chi connectivity index (χ4v) is 1.96. The van der Waals surface area contributed by atoms with Crippen molar-refractivity contribution in [2.24, 2.45) is 0 Å². The average Bonchev–Trinajstić information content (AvgIpc) is 3.21. The summed E-state index contributed by atoms with van der Waals surface area (Å²) in [5.41, 5.74) is 22.6. The van der Waals surface area contributed by atoms with E-state index in [1.807, 2.05) is 0 Å². The molecular weight excluding hydrogens is 308 g/mol. The summed E-state index contributed by atoms with van der Waals surface area (Å²) in [6.07, 6.45) is 2.65. The van der Waals surface area contributed by atoms with Gasteiger partial charge in [-0.1, -0.05) is 0 Å². The van der Waals surface area contributed by atoms with E-state index in [1.165, 1.54) is 33.6 Å². The summed E-state index contributed by atoms with van der Waals surface area (Å²) in [6, 6.07) is 0. The van der Waals surface area contributed by atoms with Crippen molar-refractivity contribution in [2.45, 2.75) is 0 Å². The average molecular weight is 322 g/mol. The number of hydrogen-bond donors (Lipinski definition) is 5. The minimum atomic E-state index is 0.109.